The van der Waals surface area contributed by atoms with Gasteiger partial charge < -0.3 is 19.3 Å². The standard InChI is InChI=1S/C55H56N2O2/c1-52-25-7-9-27-54(52,3)56(42-13-11-15-44(34-42)58-5)50-23-19-38(32-48(50)52)36-17-21-46-40(29-36)31-41-30-37(18-22-47(41)46)39-20-24-51-49(33-39)53(2)26-8-10-28-55(53,4)57(51)43-14-12-16-45(35-43)59-6/h11-24,29-30,32-35H,7-10,25-28,31H2,1-6H3. The quantitative estimate of drug-likeness (QED) is 0.168. The van der Waals surface area contributed by atoms with E-state index in [-0.39, 0.29) is 21.9 Å². The second-order valence-electron chi connectivity index (χ2n) is 19.1. The summed E-state index contributed by atoms with van der Waals surface area (Å²) in [6.45, 7) is 10.0. The summed E-state index contributed by atoms with van der Waals surface area (Å²) in [7, 11) is 3.53. The first kappa shape index (κ1) is 36.6. The highest BCUT2D eigenvalue weighted by molar-refractivity contribution is 5.86. The van der Waals surface area contributed by atoms with Crippen molar-refractivity contribution < 1.29 is 9.47 Å². The molecule has 3 aliphatic carbocycles. The molecule has 4 nitrogen and oxygen atoms in total. The molecule has 4 unspecified atom stereocenters. The minimum absolute atomic E-state index is 0.00210. The summed E-state index contributed by atoms with van der Waals surface area (Å²) in [6.07, 6.45) is 10.8. The fourth-order valence-electron chi connectivity index (χ4n) is 12.7. The molecule has 5 aliphatic rings. The van der Waals surface area contributed by atoms with Crippen molar-refractivity contribution in [3.8, 4) is 44.9 Å². The monoisotopic (exact) mass is 776 g/mol. The van der Waals surface area contributed by atoms with Crippen molar-refractivity contribution >= 4 is 22.7 Å². The topological polar surface area (TPSA) is 24.9 Å². The van der Waals surface area contributed by atoms with Gasteiger partial charge in [0.15, 0.2) is 0 Å². The summed E-state index contributed by atoms with van der Waals surface area (Å²) in [5.74, 6) is 1.82. The normalized spacial score (nSPS) is 26.1. The molecule has 298 valence electrons. The van der Waals surface area contributed by atoms with Crippen molar-refractivity contribution in [2.75, 3.05) is 24.0 Å². The predicted molar refractivity (Wildman–Crippen MR) is 244 cm³/mol. The molecule has 59 heavy (non-hydrogen) atoms. The van der Waals surface area contributed by atoms with Gasteiger partial charge >= 0.3 is 0 Å². The Balaban J connectivity index is 0.921. The summed E-state index contributed by atoms with van der Waals surface area (Å²) in [5.41, 5.74) is 19.1. The van der Waals surface area contributed by atoms with Gasteiger partial charge in [-0.05, 0) is 150 Å². The van der Waals surface area contributed by atoms with Crippen LogP contribution in [0.25, 0.3) is 33.4 Å². The summed E-state index contributed by atoms with van der Waals surface area (Å²) in [5, 5.41) is 0. The largest absolute Gasteiger partial charge is 0.497 e. The van der Waals surface area contributed by atoms with Crippen LogP contribution in [-0.4, -0.2) is 25.3 Å². The Kier molecular flexibility index (Phi) is 8.07. The molecule has 2 heterocycles. The van der Waals surface area contributed by atoms with Crippen LogP contribution in [0.5, 0.6) is 11.5 Å². The Morgan fingerprint density at radius 3 is 1.29 bits per heavy atom. The number of hydrogen-bond donors (Lipinski definition) is 0. The lowest BCUT2D eigenvalue weighted by Gasteiger charge is -2.50. The van der Waals surface area contributed by atoms with E-state index in [1.54, 1.807) is 14.2 Å². The molecule has 4 heteroatoms. The van der Waals surface area contributed by atoms with E-state index < -0.39 is 0 Å². The maximum atomic E-state index is 5.69. The first-order valence-corrected chi connectivity index (χ1v) is 22.0. The van der Waals surface area contributed by atoms with Gasteiger partial charge in [0.1, 0.15) is 11.5 Å². The van der Waals surface area contributed by atoms with Crippen LogP contribution in [0.3, 0.4) is 0 Å². The van der Waals surface area contributed by atoms with Gasteiger partial charge in [-0.25, -0.2) is 0 Å². The van der Waals surface area contributed by atoms with Gasteiger partial charge in [0.05, 0.1) is 25.3 Å². The van der Waals surface area contributed by atoms with Gasteiger partial charge in [-0.3, -0.25) is 0 Å². The molecule has 4 atom stereocenters. The number of anilines is 4. The van der Waals surface area contributed by atoms with Gasteiger partial charge in [-0.1, -0.05) is 100 Å². The van der Waals surface area contributed by atoms with Crippen molar-refractivity contribution in [2.45, 2.75) is 107 Å². The molecule has 0 aromatic heterocycles. The zero-order chi connectivity index (χ0) is 40.3. The maximum absolute atomic E-state index is 5.69. The Bertz CT molecular complexity index is 2500. The van der Waals surface area contributed by atoms with Crippen LogP contribution in [0, 0.1) is 0 Å². The molecule has 6 aromatic carbocycles. The molecule has 0 spiro atoms. The summed E-state index contributed by atoms with van der Waals surface area (Å²) < 4.78 is 11.4. The van der Waals surface area contributed by atoms with Crippen molar-refractivity contribution in [3.63, 3.8) is 0 Å². The Hall–Kier alpha value is -5.48. The minimum Gasteiger partial charge on any atom is -0.497 e. The Morgan fingerprint density at radius 1 is 0.441 bits per heavy atom. The zero-order valence-corrected chi connectivity index (χ0v) is 35.6. The lowest BCUT2D eigenvalue weighted by molar-refractivity contribution is 0.195. The molecule has 0 saturated heterocycles. The van der Waals surface area contributed by atoms with Crippen molar-refractivity contribution in [1.82, 2.24) is 0 Å². The van der Waals surface area contributed by atoms with Crippen molar-refractivity contribution in [2.24, 2.45) is 0 Å². The van der Waals surface area contributed by atoms with Crippen molar-refractivity contribution in [3.05, 3.63) is 144 Å². The number of fused-ring (bicyclic) bond motifs is 9. The van der Waals surface area contributed by atoms with E-state index >= 15 is 0 Å². The van der Waals surface area contributed by atoms with E-state index in [1.807, 2.05) is 0 Å². The highest BCUT2D eigenvalue weighted by atomic mass is 16.5. The molecule has 6 aromatic rings. The number of rotatable bonds is 6. The number of methoxy groups -OCH3 is 2. The van der Waals surface area contributed by atoms with Gasteiger partial charge in [-0.2, -0.15) is 0 Å². The third-order valence-electron chi connectivity index (χ3n) is 16.4. The molecule has 0 N–H and O–H groups in total. The van der Waals surface area contributed by atoms with E-state index in [2.05, 4.69) is 159 Å². The second-order valence-corrected chi connectivity index (χ2v) is 19.1. The predicted octanol–water partition coefficient (Wildman–Crippen LogP) is 14.1. The third kappa shape index (κ3) is 5.08. The zero-order valence-electron chi connectivity index (χ0n) is 35.6. The molecular formula is C55H56N2O2. The number of ether oxygens (including phenoxy) is 2. The van der Waals surface area contributed by atoms with E-state index in [0.29, 0.717) is 0 Å². The SMILES string of the molecule is COc1cccc(N2c3ccc(-c4ccc5c(c4)Cc4cc(-c6ccc7c(c6)C6(C)CCCCC6(C)N7c6cccc(OC)c6)ccc4-5)cc3C3(C)CCCCC23C)c1. The van der Waals surface area contributed by atoms with Crippen LogP contribution in [0.15, 0.2) is 121 Å². The van der Waals surface area contributed by atoms with Gasteiger partial charge in [0.2, 0.25) is 0 Å². The highest BCUT2D eigenvalue weighted by Gasteiger charge is 2.59. The lowest BCUT2D eigenvalue weighted by Crippen LogP contribution is -2.54. The minimum atomic E-state index is -0.00210. The molecule has 2 saturated carbocycles. The van der Waals surface area contributed by atoms with E-state index in [4.69, 9.17) is 9.47 Å². The van der Waals surface area contributed by atoms with E-state index in [9.17, 15) is 0 Å². The smallest absolute Gasteiger partial charge is 0.120 e. The van der Waals surface area contributed by atoms with Crippen LogP contribution in [-0.2, 0) is 17.3 Å². The molecule has 2 aliphatic heterocycles. The Morgan fingerprint density at radius 2 is 0.847 bits per heavy atom. The fraction of sp³-hybridized carbons (Fsp3) is 0.345. The average molecular weight is 777 g/mol. The first-order chi connectivity index (χ1) is 28.6. The number of benzene rings is 6. The van der Waals surface area contributed by atoms with E-state index in [0.717, 1.165) is 17.9 Å². The van der Waals surface area contributed by atoms with Crippen LogP contribution >= 0.6 is 0 Å². The van der Waals surface area contributed by atoms with Crippen molar-refractivity contribution in [1.29, 1.82) is 0 Å². The van der Waals surface area contributed by atoms with Gasteiger partial charge in [0, 0.05) is 45.7 Å². The average Bonchev–Trinajstić information content (AvgIpc) is 3.81. The molecule has 11 rings (SSSR count). The molecule has 0 amide bonds. The Labute approximate surface area is 350 Å². The number of nitrogens with zero attached hydrogens (tertiary/aromatic N) is 2. The lowest BCUT2D eigenvalue weighted by atomic mass is 9.61. The van der Waals surface area contributed by atoms with Gasteiger partial charge in [-0.15, -0.1) is 0 Å². The molecule has 0 radical (unpaired) electrons. The molecule has 2 fully saturated rings. The van der Waals surface area contributed by atoms with Crippen LogP contribution in [0.2, 0.25) is 0 Å². The van der Waals surface area contributed by atoms with Crippen LogP contribution in [0.1, 0.15) is 101 Å². The summed E-state index contributed by atoms with van der Waals surface area (Å²) >= 11 is 0. The first-order valence-electron chi connectivity index (χ1n) is 22.0. The van der Waals surface area contributed by atoms with Crippen LogP contribution < -0.4 is 19.3 Å². The summed E-state index contributed by atoms with van der Waals surface area (Å²) in [6, 6.07) is 46.3. The molecular weight excluding hydrogens is 721 g/mol. The third-order valence-corrected chi connectivity index (χ3v) is 16.4. The highest BCUT2D eigenvalue weighted by Crippen LogP contribution is 2.63. The van der Waals surface area contributed by atoms with Crippen LogP contribution in [0.4, 0.5) is 22.7 Å². The number of hydrogen-bond acceptors (Lipinski definition) is 4. The molecule has 0 bridgehead atoms. The van der Waals surface area contributed by atoms with E-state index in [1.165, 1.54) is 130 Å². The summed E-state index contributed by atoms with van der Waals surface area (Å²) in [4.78, 5) is 5.27. The fourth-order valence-corrected chi connectivity index (χ4v) is 12.7. The maximum Gasteiger partial charge on any atom is 0.120 e. The van der Waals surface area contributed by atoms with Gasteiger partial charge in [0.25, 0.3) is 0 Å². The second kappa shape index (κ2) is 13.0.